The normalized spacial score (nSPS) is 11.4. The molecule has 0 spiro atoms. The summed E-state index contributed by atoms with van der Waals surface area (Å²) < 4.78 is 27.7. The first-order valence-electron chi connectivity index (χ1n) is 6.70. The molecular formula is C16H14N2O3S2. The zero-order valence-corrected chi connectivity index (χ0v) is 13.9. The number of thiazole rings is 1. The van der Waals surface area contributed by atoms with Crippen molar-refractivity contribution in [2.75, 3.05) is 7.11 Å². The average Bonchev–Trinajstić information content (AvgIpc) is 3.04. The summed E-state index contributed by atoms with van der Waals surface area (Å²) in [5.74, 6) is 0.795. The Morgan fingerprint density at radius 1 is 1.00 bits per heavy atom. The zero-order chi connectivity index (χ0) is 16.4. The van der Waals surface area contributed by atoms with Gasteiger partial charge in [-0.05, 0) is 36.4 Å². The number of hydrogen-bond donors (Lipinski definition) is 1. The Labute approximate surface area is 138 Å². The molecular weight excluding hydrogens is 332 g/mol. The molecule has 1 aromatic heterocycles. The number of primary sulfonamides is 1. The van der Waals surface area contributed by atoms with Crippen LogP contribution in [0.25, 0.3) is 21.8 Å². The zero-order valence-electron chi connectivity index (χ0n) is 12.3. The van der Waals surface area contributed by atoms with Crippen molar-refractivity contribution >= 4 is 21.4 Å². The number of benzene rings is 2. The van der Waals surface area contributed by atoms with Crippen LogP contribution in [0.5, 0.6) is 5.75 Å². The summed E-state index contributed by atoms with van der Waals surface area (Å²) in [6, 6.07) is 14.0. The molecule has 0 unspecified atom stereocenters. The topological polar surface area (TPSA) is 82.3 Å². The van der Waals surface area contributed by atoms with E-state index in [1.807, 2.05) is 29.6 Å². The third kappa shape index (κ3) is 3.42. The molecule has 0 aliphatic heterocycles. The Kier molecular flexibility index (Phi) is 4.16. The number of aromatic nitrogens is 1. The van der Waals surface area contributed by atoms with Gasteiger partial charge in [-0.15, -0.1) is 11.3 Å². The van der Waals surface area contributed by atoms with Gasteiger partial charge in [0.1, 0.15) is 10.8 Å². The minimum absolute atomic E-state index is 0.0897. The van der Waals surface area contributed by atoms with E-state index < -0.39 is 10.0 Å². The molecule has 0 saturated carbocycles. The molecule has 1 heterocycles. The molecule has 0 amide bonds. The first-order valence-corrected chi connectivity index (χ1v) is 9.13. The first kappa shape index (κ1) is 15.7. The third-order valence-electron chi connectivity index (χ3n) is 3.32. The quantitative estimate of drug-likeness (QED) is 0.787. The van der Waals surface area contributed by atoms with E-state index in [-0.39, 0.29) is 4.90 Å². The summed E-state index contributed by atoms with van der Waals surface area (Å²) in [5, 5.41) is 7.92. The smallest absolute Gasteiger partial charge is 0.238 e. The second kappa shape index (κ2) is 6.11. The van der Waals surface area contributed by atoms with E-state index in [1.165, 1.54) is 23.5 Å². The van der Waals surface area contributed by atoms with E-state index in [0.717, 1.165) is 27.6 Å². The molecule has 3 aromatic rings. The molecule has 23 heavy (non-hydrogen) atoms. The maximum Gasteiger partial charge on any atom is 0.238 e. The lowest BCUT2D eigenvalue weighted by Gasteiger charge is -2.01. The van der Waals surface area contributed by atoms with Gasteiger partial charge in [0.25, 0.3) is 0 Å². The molecule has 0 atom stereocenters. The van der Waals surface area contributed by atoms with Crippen molar-refractivity contribution in [3.05, 3.63) is 53.9 Å². The molecule has 0 aliphatic rings. The number of nitrogens with zero attached hydrogens (tertiary/aromatic N) is 1. The maximum absolute atomic E-state index is 11.3. The molecule has 2 aromatic carbocycles. The Morgan fingerprint density at radius 2 is 1.61 bits per heavy atom. The summed E-state index contributed by atoms with van der Waals surface area (Å²) in [6.07, 6.45) is 0. The van der Waals surface area contributed by atoms with Crippen LogP contribution in [0.3, 0.4) is 0 Å². The van der Waals surface area contributed by atoms with Gasteiger partial charge in [-0.3, -0.25) is 0 Å². The lowest BCUT2D eigenvalue weighted by molar-refractivity contribution is 0.415. The fourth-order valence-electron chi connectivity index (χ4n) is 2.09. The number of hydrogen-bond acceptors (Lipinski definition) is 5. The van der Waals surface area contributed by atoms with E-state index in [1.54, 1.807) is 19.2 Å². The molecule has 5 nitrogen and oxygen atoms in total. The van der Waals surface area contributed by atoms with Crippen LogP contribution >= 0.6 is 11.3 Å². The van der Waals surface area contributed by atoms with Gasteiger partial charge in [0, 0.05) is 16.5 Å². The largest absolute Gasteiger partial charge is 0.497 e. The Bertz CT molecular complexity index is 915. The highest BCUT2D eigenvalue weighted by atomic mass is 32.2. The van der Waals surface area contributed by atoms with Gasteiger partial charge < -0.3 is 4.74 Å². The van der Waals surface area contributed by atoms with Crippen molar-refractivity contribution in [3.8, 4) is 27.6 Å². The highest BCUT2D eigenvalue weighted by Gasteiger charge is 2.10. The summed E-state index contributed by atoms with van der Waals surface area (Å²) in [6.45, 7) is 0. The first-order chi connectivity index (χ1) is 11.0. The monoisotopic (exact) mass is 346 g/mol. The maximum atomic E-state index is 11.3. The number of ether oxygens (including phenoxy) is 1. The second-order valence-corrected chi connectivity index (χ2v) is 7.26. The van der Waals surface area contributed by atoms with Crippen LogP contribution in [-0.2, 0) is 10.0 Å². The molecule has 0 fully saturated rings. The van der Waals surface area contributed by atoms with Crippen LogP contribution in [-0.4, -0.2) is 20.5 Å². The fraction of sp³-hybridized carbons (Fsp3) is 0.0625. The van der Waals surface area contributed by atoms with Crippen molar-refractivity contribution in [1.29, 1.82) is 0 Å². The van der Waals surface area contributed by atoms with Crippen molar-refractivity contribution < 1.29 is 13.2 Å². The van der Waals surface area contributed by atoms with E-state index in [4.69, 9.17) is 9.88 Å². The van der Waals surface area contributed by atoms with Gasteiger partial charge in [-0.2, -0.15) is 0 Å². The van der Waals surface area contributed by atoms with E-state index in [2.05, 4.69) is 4.98 Å². The van der Waals surface area contributed by atoms with Crippen LogP contribution < -0.4 is 9.88 Å². The van der Waals surface area contributed by atoms with Crippen molar-refractivity contribution in [2.45, 2.75) is 4.90 Å². The molecule has 2 N–H and O–H groups in total. The predicted octanol–water partition coefficient (Wildman–Crippen LogP) is 3.13. The molecule has 7 heteroatoms. The lowest BCUT2D eigenvalue weighted by atomic mass is 10.2. The number of sulfonamides is 1. The third-order valence-corrected chi connectivity index (χ3v) is 5.14. The van der Waals surface area contributed by atoms with Gasteiger partial charge >= 0.3 is 0 Å². The van der Waals surface area contributed by atoms with Gasteiger partial charge in [-0.1, -0.05) is 12.1 Å². The summed E-state index contributed by atoms with van der Waals surface area (Å²) in [4.78, 5) is 4.68. The van der Waals surface area contributed by atoms with E-state index in [9.17, 15) is 8.42 Å². The van der Waals surface area contributed by atoms with E-state index >= 15 is 0 Å². The number of methoxy groups -OCH3 is 1. The van der Waals surface area contributed by atoms with Crippen LogP contribution in [0.15, 0.2) is 58.8 Å². The molecule has 0 bridgehead atoms. The van der Waals surface area contributed by atoms with Crippen molar-refractivity contribution in [2.24, 2.45) is 5.14 Å². The minimum Gasteiger partial charge on any atom is -0.497 e. The predicted molar refractivity (Wildman–Crippen MR) is 90.9 cm³/mol. The van der Waals surface area contributed by atoms with Gasteiger partial charge in [0.2, 0.25) is 10.0 Å². The van der Waals surface area contributed by atoms with Crippen molar-refractivity contribution in [3.63, 3.8) is 0 Å². The Balaban J connectivity index is 1.89. The van der Waals surface area contributed by atoms with Crippen LogP contribution in [0.2, 0.25) is 0 Å². The second-order valence-electron chi connectivity index (χ2n) is 4.84. The SMILES string of the molecule is COc1ccc(-c2nc(-c3ccc(S(N)(=O)=O)cc3)cs2)cc1. The van der Waals surface area contributed by atoms with Crippen molar-refractivity contribution in [1.82, 2.24) is 4.98 Å². The standard InChI is InChI=1S/C16H14N2O3S2/c1-21-13-6-2-12(3-7-13)16-18-15(10-22-16)11-4-8-14(9-5-11)23(17,19)20/h2-10H,1H3,(H2,17,19,20). The molecule has 0 radical (unpaired) electrons. The van der Waals surface area contributed by atoms with E-state index in [0.29, 0.717) is 0 Å². The Morgan fingerprint density at radius 3 is 2.17 bits per heavy atom. The summed E-state index contributed by atoms with van der Waals surface area (Å²) in [5.41, 5.74) is 2.64. The van der Waals surface area contributed by atoms with Crippen LogP contribution in [0.4, 0.5) is 0 Å². The van der Waals surface area contributed by atoms with Gasteiger partial charge in [0.15, 0.2) is 0 Å². The highest BCUT2D eigenvalue weighted by molar-refractivity contribution is 7.89. The molecule has 118 valence electrons. The minimum atomic E-state index is -3.68. The Hall–Kier alpha value is -2.22. The summed E-state index contributed by atoms with van der Waals surface area (Å²) in [7, 11) is -2.05. The molecule has 0 aliphatic carbocycles. The lowest BCUT2D eigenvalue weighted by Crippen LogP contribution is -2.11. The van der Waals surface area contributed by atoms with Crippen LogP contribution in [0.1, 0.15) is 0 Å². The number of rotatable bonds is 4. The molecule has 0 saturated heterocycles. The molecule has 3 rings (SSSR count). The van der Waals surface area contributed by atoms with Crippen LogP contribution in [0, 0.1) is 0 Å². The van der Waals surface area contributed by atoms with Gasteiger partial charge in [-0.25, -0.2) is 18.5 Å². The highest BCUT2D eigenvalue weighted by Crippen LogP contribution is 2.30. The number of nitrogens with two attached hydrogens (primary N) is 1. The fourth-order valence-corrected chi connectivity index (χ4v) is 3.44. The van der Waals surface area contributed by atoms with Gasteiger partial charge in [0.05, 0.1) is 17.7 Å². The summed E-state index contributed by atoms with van der Waals surface area (Å²) >= 11 is 1.53. The average molecular weight is 346 g/mol.